The molecule has 3 N–H and O–H groups in total. The Hall–Kier alpha value is -1.10. The van der Waals surface area contributed by atoms with Crippen LogP contribution in [-0.4, -0.2) is 35.6 Å². The molecular weight excluding hydrogens is 268 g/mol. The molecule has 0 aromatic carbocycles. The predicted molar refractivity (Wildman–Crippen MR) is 82.7 cm³/mol. The van der Waals surface area contributed by atoms with Gasteiger partial charge in [0.15, 0.2) is 0 Å². The molecule has 0 aromatic heterocycles. The molecule has 2 amide bonds. The zero-order valence-corrected chi connectivity index (χ0v) is 13.4. The van der Waals surface area contributed by atoms with E-state index in [1.807, 2.05) is 13.8 Å². The molecule has 0 saturated heterocycles. The van der Waals surface area contributed by atoms with Gasteiger partial charge in [0.25, 0.3) is 0 Å². The van der Waals surface area contributed by atoms with E-state index in [-0.39, 0.29) is 29.9 Å². The third kappa shape index (κ3) is 7.46. The van der Waals surface area contributed by atoms with Gasteiger partial charge in [0.1, 0.15) is 0 Å². The van der Waals surface area contributed by atoms with E-state index >= 15 is 0 Å². The molecule has 122 valence electrons. The molecule has 1 aliphatic rings. The molecule has 0 bridgehead atoms. The lowest BCUT2D eigenvalue weighted by molar-refractivity contribution is -0.127. The SMILES string of the molecule is CCC(O)CCNC(=O)CC(C)NC(=O)C1CCCCC1. The maximum atomic E-state index is 12.1. The third-order valence-corrected chi connectivity index (χ3v) is 4.13. The fourth-order valence-electron chi connectivity index (χ4n) is 2.71. The Bertz CT molecular complexity index is 327. The molecule has 0 aromatic rings. The Labute approximate surface area is 127 Å². The molecule has 1 fully saturated rings. The number of aliphatic hydroxyl groups excluding tert-OH is 1. The summed E-state index contributed by atoms with van der Waals surface area (Å²) in [5.74, 6) is 0.148. The zero-order valence-electron chi connectivity index (χ0n) is 13.4. The van der Waals surface area contributed by atoms with Crippen molar-refractivity contribution in [1.82, 2.24) is 10.6 Å². The normalized spacial score (nSPS) is 18.8. The number of carbonyl (C=O) groups is 2. The maximum Gasteiger partial charge on any atom is 0.223 e. The molecule has 0 heterocycles. The standard InChI is InChI=1S/C16H30N2O3/c1-3-14(19)9-10-17-15(20)11-12(2)18-16(21)13-7-5-4-6-8-13/h12-14,19H,3-11H2,1-2H3,(H,17,20)(H,18,21). The average Bonchev–Trinajstić information content (AvgIpc) is 2.47. The van der Waals surface area contributed by atoms with Gasteiger partial charge in [-0.25, -0.2) is 0 Å². The van der Waals surface area contributed by atoms with Crippen LogP contribution in [0.4, 0.5) is 0 Å². The van der Waals surface area contributed by atoms with E-state index < -0.39 is 0 Å². The van der Waals surface area contributed by atoms with Crippen molar-refractivity contribution >= 4 is 11.8 Å². The molecule has 1 saturated carbocycles. The highest BCUT2D eigenvalue weighted by Crippen LogP contribution is 2.23. The van der Waals surface area contributed by atoms with Crippen LogP contribution in [0.3, 0.4) is 0 Å². The second-order valence-electron chi connectivity index (χ2n) is 6.15. The first kappa shape index (κ1) is 18.0. The molecule has 1 rings (SSSR count). The number of aliphatic hydroxyl groups is 1. The van der Waals surface area contributed by atoms with Crippen molar-refractivity contribution in [3.63, 3.8) is 0 Å². The van der Waals surface area contributed by atoms with Gasteiger partial charge in [-0.2, -0.15) is 0 Å². The summed E-state index contributed by atoms with van der Waals surface area (Å²) < 4.78 is 0. The van der Waals surface area contributed by atoms with Gasteiger partial charge in [-0.3, -0.25) is 9.59 Å². The van der Waals surface area contributed by atoms with Crippen LogP contribution in [0.2, 0.25) is 0 Å². The summed E-state index contributed by atoms with van der Waals surface area (Å²) in [7, 11) is 0. The lowest BCUT2D eigenvalue weighted by atomic mass is 9.88. The van der Waals surface area contributed by atoms with Crippen LogP contribution in [0.5, 0.6) is 0 Å². The van der Waals surface area contributed by atoms with Crippen LogP contribution in [0, 0.1) is 5.92 Å². The number of carbonyl (C=O) groups excluding carboxylic acids is 2. The fraction of sp³-hybridized carbons (Fsp3) is 0.875. The van der Waals surface area contributed by atoms with Crippen molar-refractivity contribution in [3.05, 3.63) is 0 Å². The molecule has 2 unspecified atom stereocenters. The number of rotatable bonds is 8. The van der Waals surface area contributed by atoms with E-state index in [0.29, 0.717) is 25.8 Å². The van der Waals surface area contributed by atoms with Gasteiger partial charge >= 0.3 is 0 Å². The summed E-state index contributed by atoms with van der Waals surface area (Å²) in [4.78, 5) is 23.8. The van der Waals surface area contributed by atoms with Crippen LogP contribution >= 0.6 is 0 Å². The predicted octanol–water partition coefficient (Wildman–Crippen LogP) is 1.74. The Morgan fingerprint density at radius 2 is 1.90 bits per heavy atom. The van der Waals surface area contributed by atoms with E-state index in [1.54, 1.807) is 0 Å². The third-order valence-electron chi connectivity index (χ3n) is 4.13. The minimum atomic E-state index is -0.353. The van der Waals surface area contributed by atoms with Crippen molar-refractivity contribution in [1.29, 1.82) is 0 Å². The van der Waals surface area contributed by atoms with Crippen molar-refractivity contribution in [2.75, 3.05) is 6.54 Å². The first-order chi connectivity index (χ1) is 10.0. The molecule has 1 aliphatic carbocycles. The number of amides is 2. The zero-order chi connectivity index (χ0) is 15.7. The quantitative estimate of drug-likeness (QED) is 0.638. The van der Waals surface area contributed by atoms with Crippen LogP contribution in [-0.2, 0) is 9.59 Å². The van der Waals surface area contributed by atoms with E-state index in [4.69, 9.17) is 0 Å². The molecule has 0 aliphatic heterocycles. The molecule has 0 spiro atoms. The maximum absolute atomic E-state index is 12.1. The van der Waals surface area contributed by atoms with Gasteiger partial charge in [0, 0.05) is 24.9 Å². The summed E-state index contributed by atoms with van der Waals surface area (Å²) in [6.07, 6.45) is 6.65. The van der Waals surface area contributed by atoms with Gasteiger partial charge < -0.3 is 15.7 Å². The molecule has 5 heteroatoms. The van der Waals surface area contributed by atoms with Gasteiger partial charge in [-0.15, -0.1) is 0 Å². The topological polar surface area (TPSA) is 78.4 Å². The van der Waals surface area contributed by atoms with Gasteiger partial charge in [-0.05, 0) is 32.6 Å². The average molecular weight is 298 g/mol. The summed E-state index contributed by atoms with van der Waals surface area (Å²) >= 11 is 0. The number of hydrogen-bond donors (Lipinski definition) is 3. The van der Waals surface area contributed by atoms with Crippen molar-refractivity contribution in [2.24, 2.45) is 5.92 Å². The van der Waals surface area contributed by atoms with Crippen LogP contribution in [0.25, 0.3) is 0 Å². The smallest absolute Gasteiger partial charge is 0.223 e. The van der Waals surface area contributed by atoms with E-state index in [1.165, 1.54) is 6.42 Å². The molecule has 21 heavy (non-hydrogen) atoms. The highest BCUT2D eigenvalue weighted by molar-refractivity contribution is 5.81. The lowest BCUT2D eigenvalue weighted by Gasteiger charge is -2.23. The van der Waals surface area contributed by atoms with Crippen LogP contribution < -0.4 is 10.6 Å². The van der Waals surface area contributed by atoms with Crippen LogP contribution in [0.15, 0.2) is 0 Å². The monoisotopic (exact) mass is 298 g/mol. The summed E-state index contributed by atoms with van der Waals surface area (Å²) in [6, 6.07) is -0.143. The Morgan fingerprint density at radius 3 is 2.52 bits per heavy atom. The Kier molecular flexibility index (Phi) is 8.35. The molecule has 2 atom stereocenters. The number of nitrogens with one attached hydrogen (secondary N) is 2. The van der Waals surface area contributed by atoms with Crippen molar-refractivity contribution in [2.45, 2.75) is 77.4 Å². The highest BCUT2D eigenvalue weighted by Gasteiger charge is 2.22. The highest BCUT2D eigenvalue weighted by atomic mass is 16.3. The minimum absolute atomic E-state index is 0.0743. The first-order valence-electron chi connectivity index (χ1n) is 8.28. The van der Waals surface area contributed by atoms with E-state index in [0.717, 1.165) is 25.7 Å². The molecule has 0 radical (unpaired) electrons. The summed E-state index contributed by atoms with van der Waals surface area (Å²) in [6.45, 7) is 4.26. The van der Waals surface area contributed by atoms with Crippen molar-refractivity contribution < 1.29 is 14.7 Å². The summed E-state index contributed by atoms with van der Waals surface area (Å²) in [5, 5.41) is 15.1. The Balaban J connectivity index is 2.18. The number of hydrogen-bond acceptors (Lipinski definition) is 3. The van der Waals surface area contributed by atoms with Crippen molar-refractivity contribution in [3.8, 4) is 0 Å². The second kappa shape index (κ2) is 9.77. The van der Waals surface area contributed by atoms with Gasteiger partial charge in [0.05, 0.1) is 6.10 Å². The van der Waals surface area contributed by atoms with Gasteiger partial charge in [-0.1, -0.05) is 26.2 Å². The van der Waals surface area contributed by atoms with E-state index in [2.05, 4.69) is 10.6 Å². The minimum Gasteiger partial charge on any atom is -0.393 e. The first-order valence-corrected chi connectivity index (χ1v) is 8.28. The fourth-order valence-corrected chi connectivity index (χ4v) is 2.71. The van der Waals surface area contributed by atoms with Crippen LogP contribution in [0.1, 0.15) is 65.2 Å². The second-order valence-corrected chi connectivity index (χ2v) is 6.15. The van der Waals surface area contributed by atoms with Gasteiger partial charge in [0.2, 0.25) is 11.8 Å². The molecular formula is C16H30N2O3. The summed E-state index contributed by atoms with van der Waals surface area (Å²) in [5.41, 5.74) is 0. The Morgan fingerprint density at radius 1 is 1.24 bits per heavy atom. The molecule has 5 nitrogen and oxygen atoms in total. The van der Waals surface area contributed by atoms with E-state index in [9.17, 15) is 14.7 Å². The lowest BCUT2D eigenvalue weighted by Crippen LogP contribution is -2.41. The largest absolute Gasteiger partial charge is 0.393 e.